The maximum absolute atomic E-state index is 3.23. The molecule has 0 radical (unpaired) electrons. The average molecular weight is 126 g/mol. The summed E-state index contributed by atoms with van der Waals surface area (Å²) in [4.78, 5) is 0. The van der Waals surface area contributed by atoms with E-state index in [4.69, 9.17) is 0 Å². The summed E-state index contributed by atoms with van der Waals surface area (Å²) in [6, 6.07) is 0.906. The van der Waals surface area contributed by atoms with E-state index in [2.05, 4.69) is 10.4 Å². The number of hydrogen-bond donors (Lipinski definition) is 1. The molecule has 2 heteroatoms. The second-order valence-electron chi connectivity index (χ2n) is 3.12. The summed E-state index contributed by atoms with van der Waals surface area (Å²) in [5.74, 6) is 1.05. The van der Waals surface area contributed by atoms with Gasteiger partial charge in [-0.05, 0) is 32.2 Å². The molecule has 52 valence electrons. The van der Waals surface area contributed by atoms with Gasteiger partial charge in [-0.15, -0.1) is 0 Å². The van der Waals surface area contributed by atoms with Crippen molar-refractivity contribution >= 4 is 0 Å². The van der Waals surface area contributed by atoms with E-state index < -0.39 is 0 Å². The van der Waals surface area contributed by atoms with Gasteiger partial charge in [0.15, 0.2) is 0 Å². The van der Waals surface area contributed by atoms with Gasteiger partial charge in [-0.1, -0.05) is 0 Å². The van der Waals surface area contributed by atoms with Crippen LogP contribution in [0, 0.1) is 5.92 Å². The first-order valence-electron chi connectivity index (χ1n) is 3.86. The number of rotatable bonds is 1. The third kappa shape index (κ3) is 0.864. The van der Waals surface area contributed by atoms with Crippen LogP contribution >= 0.6 is 0 Å². The standard InChI is InChI=1S/C7H14N2/c1-8-9-4-2-3-6-5-7(6)9/h6-8H,2-5H2,1H3. The molecule has 0 spiro atoms. The van der Waals surface area contributed by atoms with Crippen molar-refractivity contribution < 1.29 is 0 Å². The molecule has 0 aromatic carbocycles. The van der Waals surface area contributed by atoms with Gasteiger partial charge in [0.2, 0.25) is 0 Å². The minimum absolute atomic E-state index is 0.906. The molecule has 1 saturated heterocycles. The van der Waals surface area contributed by atoms with E-state index in [-0.39, 0.29) is 0 Å². The summed E-state index contributed by atoms with van der Waals surface area (Å²) >= 11 is 0. The highest BCUT2D eigenvalue weighted by atomic mass is 15.5. The summed E-state index contributed by atoms with van der Waals surface area (Å²) in [7, 11) is 2.03. The molecule has 0 amide bonds. The summed E-state index contributed by atoms with van der Waals surface area (Å²) in [6.45, 7) is 1.26. The molecule has 0 aromatic heterocycles. The highest BCUT2D eigenvalue weighted by molar-refractivity contribution is 4.96. The van der Waals surface area contributed by atoms with Crippen LogP contribution in [0.2, 0.25) is 0 Å². The summed E-state index contributed by atoms with van der Waals surface area (Å²) in [6.07, 6.45) is 4.31. The monoisotopic (exact) mass is 126 g/mol. The van der Waals surface area contributed by atoms with Crippen molar-refractivity contribution in [1.82, 2.24) is 10.4 Å². The maximum Gasteiger partial charge on any atom is 0.0275 e. The van der Waals surface area contributed by atoms with Crippen molar-refractivity contribution in [2.24, 2.45) is 5.92 Å². The molecule has 1 aliphatic carbocycles. The van der Waals surface area contributed by atoms with Crippen molar-refractivity contribution in [2.75, 3.05) is 13.6 Å². The third-order valence-electron chi connectivity index (χ3n) is 2.55. The molecule has 2 rings (SSSR count). The van der Waals surface area contributed by atoms with Crippen molar-refractivity contribution in [3.63, 3.8) is 0 Å². The van der Waals surface area contributed by atoms with Gasteiger partial charge in [-0.3, -0.25) is 5.43 Å². The van der Waals surface area contributed by atoms with Crippen molar-refractivity contribution in [2.45, 2.75) is 25.3 Å². The minimum atomic E-state index is 0.906. The zero-order valence-corrected chi connectivity index (χ0v) is 5.93. The van der Waals surface area contributed by atoms with E-state index in [0.717, 1.165) is 12.0 Å². The second kappa shape index (κ2) is 1.96. The Morgan fingerprint density at radius 3 is 3.11 bits per heavy atom. The molecule has 1 aliphatic heterocycles. The molecule has 1 saturated carbocycles. The fraction of sp³-hybridized carbons (Fsp3) is 1.00. The van der Waals surface area contributed by atoms with Gasteiger partial charge in [-0.25, -0.2) is 5.01 Å². The third-order valence-corrected chi connectivity index (χ3v) is 2.55. The number of hydrazine groups is 1. The molecule has 9 heavy (non-hydrogen) atoms. The molecule has 2 nitrogen and oxygen atoms in total. The Labute approximate surface area is 56.2 Å². The SMILES string of the molecule is CNN1CCCC2CC21. The first-order chi connectivity index (χ1) is 4.42. The van der Waals surface area contributed by atoms with E-state index >= 15 is 0 Å². The predicted octanol–water partition coefficient (Wildman–Crippen LogP) is 0.605. The lowest BCUT2D eigenvalue weighted by atomic mass is 10.1. The fourth-order valence-corrected chi connectivity index (χ4v) is 1.89. The Morgan fingerprint density at radius 1 is 1.56 bits per heavy atom. The van der Waals surface area contributed by atoms with Crippen LogP contribution in [0.1, 0.15) is 19.3 Å². The van der Waals surface area contributed by atoms with Gasteiger partial charge in [0.05, 0.1) is 0 Å². The highest BCUT2D eigenvalue weighted by Crippen LogP contribution is 2.41. The Hall–Kier alpha value is -0.0800. The van der Waals surface area contributed by atoms with Gasteiger partial charge in [0, 0.05) is 12.6 Å². The predicted molar refractivity (Wildman–Crippen MR) is 36.9 cm³/mol. The molecule has 2 aliphatic rings. The van der Waals surface area contributed by atoms with Crippen molar-refractivity contribution in [3.05, 3.63) is 0 Å². The van der Waals surface area contributed by atoms with E-state index in [1.165, 1.54) is 25.8 Å². The van der Waals surface area contributed by atoms with E-state index in [0.29, 0.717) is 0 Å². The first-order valence-corrected chi connectivity index (χ1v) is 3.86. The lowest BCUT2D eigenvalue weighted by molar-refractivity contribution is 0.158. The zero-order valence-electron chi connectivity index (χ0n) is 5.93. The fourth-order valence-electron chi connectivity index (χ4n) is 1.89. The normalized spacial score (nSPS) is 42.3. The van der Waals surface area contributed by atoms with Gasteiger partial charge >= 0.3 is 0 Å². The van der Waals surface area contributed by atoms with E-state index in [9.17, 15) is 0 Å². The average Bonchev–Trinajstić information content (AvgIpc) is 2.64. The van der Waals surface area contributed by atoms with Crippen LogP contribution in [0.15, 0.2) is 0 Å². The first kappa shape index (κ1) is 5.69. The topological polar surface area (TPSA) is 15.3 Å². The maximum atomic E-state index is 3.23. The highest BCUT2D eigenvalue weighted by Gasteiger charge is 2.43. The lowest BCUT2D eigenvalue weighted by Gasteiger charge is -2.24. The molecular weight excluding hydrogens is 112 g/mol. The number of nitrogens with zero attached hydrogens (tertiary/aromatic N) is 1. The summed E-state index contributed by atoms with van der Waals surface area (Å²) in [5.41, 5.74) is 3.23. The zero-order chi connectivity index (χ0) is 6.27. The molecule has 0 aromatic rings. The second-order valence-corrected chi connectivity index (χ2v) is 3.12. The quantitative estimate of drug-likeness (QED) is 0.553. The Bertz CT molecular complexity index is 113. The van der Waals surface area contributed by atoms with Crippen LogP contribution in [-0.2, 0) is 0 Å². The van der Waals surface area contributed by atoms with Crippen LogP contribution in [0.25, 0.3) is 0 Å². The van der Waals surface area contributed by atoms with Gasteiger partial charge in [0.25, 0.3) is 0 Å². The molecule has 2 atom stereocenters. The molecular formula is C7H14N2. The van der Waals surface area contributed by atoms with Gasteiger partial charge in [0.1, 0.15) is 0 Å². The lowest BCUT2D eigenvalue weighted by Crippen LogP contribution is -2.40. The van der Waals surface area contributed by atoms with Gasteiger partial charge < -0.3 is 0 Å². The molecule has 0 bridgehead atoms. The van der Waals surface area contributed by atoms with Crippen LogP contribution in [0.3, 0.4) is 0 Å². The number of fused-ring (bicyclic) bond motifs is 1. The van der Waals surface area contributed by atoms with Crippen molar-refractivity contribution in [1.29, 1.82) is 0 Å². The number of piperidine rings is 1. The molecule has 1 heterocycles. The number of nitrogens with one attached hydrogen (secondary N) is 1. The van der Waals surface area contributed by atoms with Crippen LogP contribution in [0.5, 0.6) is 0 Å². The Kier molecular flexibility index (Phi) is 1.24. The van der Waals surface area contributed by atoms with Crippen LogP contribution in [0.4, 0.5) is 0 Å². The van der Waals surface area contributed by atoms with Crippen LogP contribution < -0.4 is 5.43 Å². The van der Waals surface area contributed by atoms with Gasteiger partial charge in [-0.2, -0.15) is 0 Å². The largest absolute Gasteiger partial charge is 0.258 e. The van der Waals surface area contributed by atoms with Crippen LogP contribution in [-0.4, -0.2) is 24.6 Å². The number of hydrogen-bond acceptors (Lipinski definition) is 2. The van der Waals surface area contributed by atoms with Crippen molar-refractivity contribution in [3.8, 4) is 0 Å². The van der Waals surface area contributed by atoms with E-state index in [1.807, 2.05) is 7.05 Å². The summed E-state index contributed by atoms with van der Waals surface area (Å²) < 4.78 is 0. The smallest absolute Gasteiger partial charge is 0.0275 e. The Morgan fingerprint density at radius 2 is 2.44 bits per heavy atom. The molecule has 2 unspecified atom stereocenters. The molecule has 1 N–H and O–H groups in total. The molecule has 2 fully saturated rings. The van der Waals surface area contributed by atoms with E-state index in [1.54, 1.807) is 0 Å². The Balaban J connectivity index is 1.93. The summed E-state index contributed by atoms with van der Waals surface area (Å²) in [5, 5.41) is 2.38. The minimum Gasteiger partial charge on any atom is -0.258 e.